The van der Waals surface area contributed by atoms with Gasteiger partial charge in [-0.2, -0.15) is 5.10 Å². The van der Waals surface area contributed by atoms with Crippen LogP contribution in [0.25, 0.3) is 0 Å². The molecule has 0 radical (unpaired) electrons. The Morgan fingerprint density at radius 2 is 2.17 bits per heavy atom. The predicted molar refractivity (Wildman–Crippen MR) is 70.4 cm³/mol. The lowest BCUT2D eigenvalue weighted by molar-refractivity contribution is 0.268. The molecule has 0 aromatic carbocycles. The first-order valence-electron chi connectivity index (χ1n) is 6.01. The highest BCUT2D eigenvalue weighted by atomic mass is 16.3. The van der Waals surface area contributed by atoms with E-state index in [0.717, 1.165) is 22.8 Å². The van der Waals surface area contributed by atoms with Crippen LogP contribution >= 0.6 is 0 Å². The van der Waals surface area contributed by atoms with Gasteiger partial charge in [0.1, 0.15) is 5.82 Å². The lowest BCUT2D eigenvalue weighted by atomic mass is 10.2. The standard InChI is InChI=1S/C13H18N4O/c1-10-12(11(2)17(16-10)7-8-18)9-15-13-5-3-4-6-14-13/h3-6,18H,7-9H2,1-2H3,(H,14,15). The second-order valence-corrected chi connectivity index (χ2v) is 4.16. The average molecular weight is 246 g/mol. The normalized spacial score (nSPS) is 10.6. The first-order chi connectivity index (χ1) is 8.72. The summed E-state index contributed by atoms with van der Waals surface area (Å²) in [6.07, 6.45) is 1.76. The lowest BCUT2D eigenvalue weighted by Gasteiger charge is -2.06. The summed E-state index contributed by atoms with van der Waals surface area (Å²) in [4.78, 5) is 4.22. The van der Waals surface area contributed by atoms with E-state index in [1.165, 1.54) is 0 Å². The third-order valence-corrected chi connectivity index (χ3v) is 2.95. The summed E-state index contributed by atoms with van der Waals surface area (Å²) in [5.41, 5.74) is 3.24. The Balaban J connectivity index is 2.10. The maximum absolute atomic E-state index is 8.97. The number of aliphatic hydroxyl groups is 1. The van der Waals surface area contributed by atoms with E-state index in [1.807, 2.05) is 36.7 Å². The molecule has 0 spiro atoms. The molecule has 0 unspecified atom stereocenters. The van der Waals surface area contributed by atoms with Gasteiger partial charge in [-0.3, -0.25) is 4.68 Å². The van der Waals surface area contributed by atoms with Crippen LogP contribution in [0.3, 0.4) is 0 Å². The van der Waals surface area contributed by atoms with Crippen LogP contribution in [0, 0.1) is 13.8 Å². The van der Waals surface area contributed by atoms with Gasteiger partial charge < -0.3 is 10.4 Å². The van der Waals surface area contributed by atoms with Gasteiger partial charge in [-0.1, -0.05) is 6.07 Å². The molecule has 2 aromatic rings. The molecule has 5 nitrogen and oxygen atoms in total. The summed E-state index contributed by atoms with van der Waals surface area (Å²) in [7, 11) is 0. The number of anilines is 1. The summed E-state index contributed by atoms with van der Waals surface area (Å²) in [5, 5.41) is 16.6. The molecule has 5 heteroatoms. The minimum atomic E-state index is 0.106. The topological polar surface area (TPSA) is 63.0 Å². The third-order valence-electron chi connectivity index (χ3n) is 2.95. The monoisotopic (exact) mass is 246 g/mol. The van der Waals surface area contributed by atoms with Crippen molar-refractivity contribution in [2.24, 2.45) is 0 Å². The van der Waals surface area contributed by atoms with Gasteiger partial charge in [-0.25, -0.2) is 4.98 Å². The molecule has 2 heterocycles. The first-order valence-corrected chi connectivity index (χ1v) is 6.01. The molecule has 0 saturated carbocycles. The largest absolute Gasteiger partial charge is 0.394 e. The van der Waals surface area contributed by atoms with Gasteiger partial charge in [0, 0.05) is 24.0 Å². The van der Waals surface area contributed by atoms with E-state index in [9.17, 15) is 0 Å². The number of nitrogens with one attached hydrogen (secondary N) is 1. The molecule has 2 rings (SSSR count). The van der Waals surface area contributed by atoms with Crippen LogP contribution in [0.4, 0.5) is 5.82 Å². The van der Waals surface area contributed by atoms with E-state index in [-0.39, 0.29) is 6.61 Å². The quantitative estimate of drug-likeness (QED) is 0.839. The Labute approximate surface area is 106 Å². The predicted octanol–water partition coefficient (Wildman–Crippen LogP) is 1.50. The van der Waals surface area contributed by atoms with Crippen LogP contribution in [0.15, 0.2) is 24.4 Å². The summed E-state index contributed by atoms with van der Waals surface area (Å²) in [5.74, 6) is 0.853. The molecule has 18 heavy (non-hydrogen) atoms. The Morgan fingerprint density at radius 1 is 1.33 bits per heavy atom. The summed E-state index contributed by atoms with van der Waals surface area (Å²) in [6, 6.07) is 5.77. The molecular weight excluding hydrogens is 228 g/mol. The van der Waals surface area contributed by atoms with E-state index in [1.54, 1.807) is 6.20 Å². The van der Waals surface area contributed by atoms with Crippen molar-refractivity contribution in [3.63, 3.8) is 0 Å². The maximum atomic E-state index is 8.97. The smallest absolute Gasteiger partial charge is 0.126 e. The molecule has 0 aliphatic carbocycles. The van der Waals surface area contributed by atoms with Crippen molar-refractivity contribution in [3.8, 4) is 0 Å². The second-order valence-electron chi connectivity index (χ2n) is 4.16. The van der Waals surface area contributed by atoms with Crippen LogP contribution in [-0.4, -0.2) is 26.5 Å². The molecule has 0 aliphatic rings. The zero-order chi connectivity index (χ0) is 13.0. The number of rotatable bonds is 5. The highest BCUT2D eigenvalue weighted by Crippen LogP contribution is 2.14. The number of pyridine rings is 1. The molecule has 0 aliphatic heterocycles. The number of nitrogens with zero attached hydrogens (tertiary/aromatic N) is 3. The van der Waals surface area contributed by atoms with Gasteiger partial charge in [0.2, 0.25) is 0 Å². The molecule has 0 fully saturated rings. The Hall–Kier alpha value is -1.88. The first kappa shape index (κ1) is 12.6. The van der Waals surface area contributed by atoms with Gasteiger partial charge in [0.25, 0.3) is 0 Å². The number of hydrogen-bond acceptors (Lipinski definition) is 4. The molecule has 2 N–H and O–H groups in total. The van der Waals surface area contributed by atoms with Crippen molar-refractivity contribution in [3.05, 3.63) is 41.3 Å². The van der Waals surface area contributed by atoms with Crippen molar-refractivity contribution in [2.75, 3.05) is 11.9 Å². The fourth-order valence-corrected chi connectivity index (χ4v) is 1.95. The maximum Gasteiger partial charge on any atom is 0.126 e. The summed E-state index contributed by atoms with van der Waals surface area (Å²) in [6.45, 7) is 5.34. The number of hydrogen-bond donors (Lipinski definition) is 2. The van der Waals surface area contributed by atoms with Crippen LogP contribution in [0.1, 0.15) is 17.0 Å². The number of aryl methyl sites for hydroxylation is 1. The van der Waals surface area contributed by atoms with Crippen molar-refractivity contribution in [1.29, 1.82) is 0 Å². The van der Waals surface area contributed by atoms with Gasteiger partial charge >= 0.3 is 0 Å². The average Bonchev–Trinajstić information content (AvgIpc) is 2.64. The van der Waals surface area contributed by atoms with Gasteiger partial charge in [0.15, 0.2) is 0 Å². The number of aliphatic hydroxyl groups excluding tert-OH is 1. The van der Waals surface area contributed by atoms with Gasteiger partial charge in [-0.15, -0.1) is 0 Å². The van der Waals surface area contributed by atoms with E-state index in [2.05, 4.69) is 15.4 Å². The second kappa shape index (κ2) is 5.64. The van der Waals surface area contributed by atoms with Crippen molar-refractivity contribution in [1.82, 2.24) is 14.8 Å². The van der Waals surface area contributed by atoms with E-state index < -0.39 is 0 Å². The molecule has 0 saturated heterocycles. The Bertz CT molecular complexity index is 507. The van der Waals surface area contributed by atoms with Gasteiger partial charge in [-0.05, 0) is 26.0 Å². The fraction of sp³-hybridized carbons (Fsp3) is 0.385. The summed E-state index contributed by atoms with van der Waals surface area (Å²) < 4.78 is 1.84. The van der Waals surface area contributed by atoms with Crippen LogP contribution in [0.5, 0.6) is 0 Å². The molecule has 96 valence electrons. The fourth-order valence-electron chi connectivity index (χ4n) is 1.95. The van der Waals surface area contributed by atoms with Crippen molar-refractivity contribution in [2.45, 2.75) is 26.9 Å². The molecule has 0 atom stereocenters. The SMILES string of the molecule is Cc1nn(CCO)c(C)c1CNc1ccccn1. The Morgan fingerprint density at radius 3 is 2.83 bits per heavy atom. The highest BCUT2D eigenvalue weighted by Gasteiger charge is 2.10. The van der Waals surface area contributed by atoms with Crippen molar-refractivity contribution < 1.29 is 5.11 Å². The van der Waals surface area contributed by atoms with E-state index in [0.29, 0.717) is 13.1 Å². The number of aromatic nitrogens is 3. The van der Waals surface area contributed by atoms with Crippen LogP contribution in [0.2, 0.25) is 0 Å². The zero-order valence-electron chi connectivity index (χ0n) is 10.7. The molecule has 0 bridgehead atoms. The third kappa shape index (κ3) is 2.68. The van der Waals surface area contributed by atoms with Crippen LogP contribution in [-0.2, 0) is 13.1 Å². The minimum absolute atomic E-state index is 0.106. The zero-order valence-corrected chi connectivity index (χ0v) is 10.7. The highest BCUT2D eigenvalue weighted by molar-refractivity contribution is 5.36. The van der Waals surface area contributed by atoms with Crippen molar-refractivity contribution >= 4 is 5.82 Å². The van der Waals surface area contributed by atoms with Gasteiger partial charge in [0.05, 0.1) is 18.8 Å². The molecule has 0 amide bonds. The molecular formula is C13H18N4O. The minimum Gasteiger partial charge on any atom is -0.394 e. The van der Waals surface area contributed by atoms with E-state index in [4.69, 9.17) is 5.11 Å². The van der Waals surface area contributed by atoms with Crippen LogP contribution < -0.4 is 5.32 Å². The molecule has 2 aromatic heterocycles. The Kier molecular flexibility index (Phi) is 3.94. The summed E-state index contributed by atoms with van der Waals surface area (Å²) >= 11 is 0. The lowest BCUT2D eigenvalue weighted by Crippen LogP contribution is -2.07. The van der Waals surface area contributed by atoms with E-state index >= 15 is 0 Å².